The van der Waals surface area contributed by atoms with Crippen LogP contribution >= 0.6 is 11.5 Å². The minimum atomic E-state index is 0.717. The second-order valence-corrected chi connectivity index (χ2v) is 4.12. The molecule has 16 heavy (non-hydrogen) atoms. The van der Waals surface area contributed by atoms with E-state index < -0.39 is 0 Å². The lowest BCUT2D eigenvalue weighted by Crippen LogP contribution is -2.06. The van der Waals surface area contributed by atoms with Gasteiger partial charge in [-0.2, -0.15) is 0 Å². The Labute approximate surface area is 97.7 Å². The van der Waals surface area contributed by atoms with E-state index in [2.05, 4.69) is 14.7 Å². The van der Waals surface area contributed by atoms with Crippen molar-refractivity contribution in [3.63, 3.8) is 0 Å². The van der Waals surface area contributed by atoms with Crippen molar-refractivity contribution in [3.05, 3.63) is 46.5 Å². The molecule has 2 rings (SSSR count). The van der Waals surface area contributed by atoms with E-state index in [9.17, 15) is 0 Å². The summed E-state index contributed by atoms with van der Waals surface area (Å²) in [6, 6.07) is 9.80. The maximum Gasteiger partial charge on any atom is 0.138 e. The Morgan fingerprint density at radius 2 is 2.06 bits per heavy atom. The highest BCUT2D eigenvalue weighted by Gasteiger charge is 2.14. The Bertz CT molecular complexity index is 493. The van der Waals surface area contributed by atoms with Gasteiger partial charge < -0.3 is 4.84 Å². The van der Waals surface area contributed by atoms with Crippen molar-refractivity contribution in [2.45, 2.75) is 6.92 Å². The van der Waals surface area contributed by atoms with Gasteiger partial charge in [0.15, 0.2) is 0 Å². The van der Waals surface area contributed by atoms with Gasteiger partial charge in [0.2, 0.25) is 0 Å². The number of benzene rings is 1. The minimum Gasteiger partial charge on any atom is -0.399 e. The molecule has 0 atom stereocenters. The van der Waals surface area contributed by atoms with Gasteiger partial charge in [0.1, 0.15) is 18.5 Å². The summed E-state index contributed by atoms with van der Waals surface area (Å²) in [5.41, 5.74) is 2.47. The Morgan fingerprint density at radius 1 is 1.31 bits per heavy atom. The van der Waals surface area contributed by atoms with Gasteiger partial charge in [-0.3, -0.25) is 0 Å². The highest BCUT2D eigenvalue weighted by molar-refractivity contribution is 7.05. The summed E-state index contributed by atoms with van der Waals surface area (Å²) in [6.07, 6.45) is 0. The molecule has 0 spiro atoms. The number of nitrogens with zero attached hydrogens (tertiary/aromatic N) is 3. The number of hydrogen-bond acceptors (Lipinski definition) is 5. The Morgan fingerprint density at radius 3 is 2.62 bits per heavy atom. The van der Waals surface area contributed by atoms with Crippen LogP contribution < -0.4 is 0 Å². The van der Waals surface area contributed by atoms with E-state index in [4.69, 9.17) is 4.84 Å². The molecule has 0 saturated heterocycles. The molecule has 1 heterocycles. The van der Waals surface area contributed by atoms with Crippen molar-refractivity contribution in [2.75, 3.05) is 7.11 Å². The zero-order valence-electron chi connectivity index (χ0n) is 9.04. The van der Waals surface area contributed by atoms with E-state index >= 15 is 0 Å². The molecule has 82 valence electrons. The first-order valence-corrected chi connectivity index (χ1v) is 5.56. The first-order valence-electron chi connectivity index (χ1n) is 4.79. The van der Waals surface area contributed by atoms with Crippen LogP contribution in [0.5, 0.6) is 0 Å². The lowest BCUT2D eigenvalue weighted by atomic mass is 10.1. The Kier molecular flexibility index (Phi) is 3.26. The highest BCUT2D eigenvalue weighted by atomic mass is 32.1. The molecule has 4 nitrogen and oxygen atoms in total. The molecule has 1 aromatic heterocycles. The SMILES string of the molecule is CON=C(c1ccccc1)c1nnsc1C. The first kappa shape index (κ1) is 10.8. The van der Waals surface area contributed by atoms with Crippen LogP contribution in [0.4, 0.5) is 0 Å². The average Bonchev–Trinajstić information content (AvgIpc) is 2.73. The predicted molar refractivity (Wildman–Crippen MR) is 63.7 cm³/mol. The second-order valence-electron chi connectivity index (χ2n) is 3.17. The fourth-order valence-corrected chi connectivity index (χ4v) is 1.84. The molecule has 0 aliphatic heterocycles. The lowest BCUT2D eigenvalue weighted by Gasteiger charge is -2.02. The van der Waals surface area contributed by atoms with E-state index in [1.165, 1.54) is 18.6 Å². The third-order valence-electron chi connectivity index (χ3n) is 2.11. The van der Waals surface area contributed by atoms with Gasteiger partial charge in [0.05, 0.1) is 4.88 Å². The predicted octanol–water partition coefficient (Wildman–Crippen LogP) is 2.25. The van der Waals surface area contributed by atoms with Crippen LogP contribution in [0.2, 0.25) is 0 Å². The van der Waals surface area contributed by atoms with Crippen LogP contribution in [0.25, 0.3) is 0 Å². The van der Waals surface area contributed by atoms with Crippen LogP contribution in [-0.4, -0.2) is 22.4 Å². The van der Waals surface area contributed by atoms with Gasteiger partial charge >= 0.3 is 0 Å². The molecular weight excluding hydrogens is 222 g/mol. The van der Waals surface area contributed by atoms with Crippen molar-refractivity contribution in [1.82, 2.24) is 9.59 Å². The van der Waals surface area contributed by atoms with Gasteiger partial charge in [-0.05, 0) is 18.5 Å². The van der Waals surface area contributed by atoms with E-state index in [-0.39, 0.29) is 0 Å². The number of aryl methyl sites for hydroxylation is 1. The molecule has 0 radical (unpaired) electrons. The van der Waals surface area contributed by atoms with E-state index in [1.807, 2.05) is 37.3 Å². The van der Waals surface area contributed by atoms with Crippen molar-refractivity contribution in [3.8, 4) is 0 Å². The molecule has 1 aromatic carbocycles. The van der Waals surface area contributed by atoms with Crippen molar-refractivity contribution >= 4 is 17.2 Å². The number of hydrogen-bond donors (Lipinski definition) is 0. The summed E-state index contributed by atoms with van der Waals surface area (Å²) in [5, 5.41) is 8.09. The van der Waals surface area contributed by atoms with Gasteiger partial charge in [-0.15, -0.1) is 5.10 Å². The molecule has 5 heteroatoms. The van der Waals surface area contributed by atoms with Crippen molar-refractivity contribution in [1.29, 1.82) is 0 Å². The van der Waals surface area contributed by atoms with Crippen LogP contribution in [0.3, 0.4) is 0 Å². The summed E-state index contributed by atoms with van der Waals surface area (Å²) >= 11 is 1.36. The molecule has 0 aliphatic carbocycles. The third-order valence-corrected chi connectivity index (χ3v) is 2.74. The van der Waals surface area contributed by atoms with Gasteiger partial charge in [0, 0.05) is 5.56 Å². The molecule has 0 unspecified atom stereocenters. The fraction of sp³-hybridized carbons (Fsp3) is 0.182. The molecule has 0 amide bonds. The smallest absolute Gasteiger partial charge is 0.138 e. The number of oxime groups is 1. The highest BCUT2D eigenvalue weighted by Crippen LogP contribution is 2.15. The van der Waals surface area contributed by atoms with Gasteiger partial charge in [-0.1, -0.05) is 40.0 Å². The van der Waals surface area contributed by atoms with Crippen LogP contribution in [0.1, 0.15) is 16.1 Å². The molecule has 0 aliphatic rings. The van der Waals surface area contributed by atoms with Crippen LogP contribution in [0, 0.1) is 6.92 Å². The molecular formula is C11H11N3OS. The zero-order chi connectivity index (χ0) is 11.4. The summed E-state index contributed by atoms with van der Waals surface area (Å²) in [5.74, 6) is 0. The largest absolute Gasteiger partial charge is 0.399 e. The second kappa shape index (κ2) is 4.85. The van der Waals surface area contributed by atoms with E-state index in [1.54, 1.807) is 0 Å². The maximum atomic E-state index is 4.86. The van der Waals surface area contributed by atoms with E-state index in [0.29, 0.717) is 5.71 Å². The fourth-order valence-electron chi connectivity index (χ4n) is 1.37. The first-order chi connectivity index (χ1) is 7.83. The molecule has 0 bridgehead atoms. The lowest BCUT2D eigenvalue weighted by molar-refractivity contribution is 0.214. The minimum absolute atomic E-state index is 0.717. The monoisotopic (exact) mass is 233 g/mol. The summed E-state index contributed by atoms with van der Waals surface area (Å²) in [6.45, 7) is 1.97. The van der Waals surface area contributed by atoms with Crippen LogP contribution in [-0.2, 0) is 4.84 Å². The number of rotatable bonds is 3. The van der Waals surface area contributed by atoms with Crippen molar-refractivity contribution in [2.24, 2.45) is 5.16 Å². The van der Waals surface area contributed by atoms with Crippen LogP contribution in [0.15, 0.2) is 35.5 Å². The number of aromatic nitrogens is 2. The molecule has 0 N–H and O–H groups in total. The molecule has 0 saturated carbocycles. The quantitative estimate of drug-likeness (QED) is 0.603. The summed E-state index contributed by atoms with van der Waals surface area (Å²) in [7, 11) is 1.53. The van der Waals surface area contributed by atoms with Gasteiger partial charge in [0.25, 0.3) is 0 Å². The Hall–Kier alpha value is -1.75. The standard InChI is InChI=1S/C11H11N3OS/c1-8-10(12-14-16-8)11(13-15-2)9-6-4-3-5-7-9/h3-7H,1-2H3. The van der Waals surface area contributed by atoms with Crippen molar-refractivity contribution < 1.29 is 4.84 Å². The maximum absolute atomic E-state index is 4.86. The summed E-state index contributed by atoms with van der Waals surface area (Å²) in [4.78, 5) is 5.89. The van der Waals surface area contributed by atoms with Gasteiger partial charge in [-0.25, -0.2) is 0 Å². The molecule has 2 aromatic rings. The third kappa shape index (κ3) is 2.09. The zero-order valence-corrected chi connectivity index (χ0v) is 9.86. The summed E-state index contributed by atoms with van der Waals surface area (Å²) < 4.78 is 3.91. The Balaban J connectivity index is 2.48. The van der Waals surface area contributed by atoms with E-state index in [0.717, 1.165) is 16.1 Å². The normalized spacial score (nSPS) is 11.5. The molecule has 0 fully saturated rings. The topological polar surface area (TPSA) is 47.4 Å². The average molecular weight is 233 g/mol.